The number of furan rings is 1. The molecule has 0 spiro atoms. The number of hydrogen-bond donors (Lipinski definition) is 0. The van der Waals surface area contributed by atoms with E-state index in [4.69, 9.17) is 4.42 Å². The van der Waals surface area contributed by atoms with Crippen molar-refractivity contribution in [2.45, 2.75) is 20.4 Å². The van der Waals surface area contributed by atoms with E-state index >= 15 is 0 Å². The van der Waals surface area contributed by atoms with Crippen LogP contribution >= 0.6 is 0 Å². The van der Waals surface area contributed by atoms with Crippen molar-refractivity contribution in [2.75, 3.05) is 6.54 Å². The zero-order valence-electron chi connectivity index (χ0n) is 12.7. The third kappa shape index (κ3) is 2.86. The molecule has 3 aromatic rings. The van der Waals surface area contributed by atoms with Gasteiger partial charge in [-0.3, -0.25) is 9.78 Å². The second kappa shape index (κ2) is 6.02. The summed E-state index contributed by atoms with van der Waals surface area (Å²) in [5.74, 6) is 0.879. The van der Waals surface area contributed by atoms with Crippen molar-refractivity contribution in [1.82, 2.24) is 9.88 Å². The summed E-state index contributed by atoms with van der Waals surface area (Å²) in [4.78, 5) is 18.5. The van der Waals surface area contributed by atoms with Gasteiger partial charge in [-0.05, 0) is 55.8 Å². The van der Waals surface area contributed by atoms with E-state index in [1.165, 1.54) is 0 Å². The van der Waals surface area contributed by atoms with Crippen molar-refractivity contribution in [1.29, 1.82) is 0 Å². The number of aromatic nitrogens is 1. The quantitative estimate of drug-likeness (QED) is 0.735. The van der Waals surface area contributed by atoms with Crippen LogP contribution in [0, 0.1) is 6.92 Å². The second-order valence-corrected chi connectivity index (χ2v) is 5.28. The normalized spacial score (nSPS) is 10.8. The number of fused-ring (bicyclic) bond motifs is 1. The highest BCUT2D eigenvalue weighted by Crippen LogP contribution is 2.21. The third-order valence-corrected chi connectivity index (χ3v) is 3.68. The number of carbonyl (C=O) groups is 1. The van der Waals surface area contributed by atoms with Crippen molar-refractivity contribution < 1.29 is 9.21 Å². The maximum atomic E-state index is 12.7. The summed E-state index contributed by atoms with van der Waals surface area (Å²) in [5, 5.41) is 0.961. The number of amides is 1. The summed E-state index contributed by atoms with van der Waals surface area (Å²) in [6, 6.07) is 11.4. The maximum absolute atomic E-state index is 12.7. The van der Waals surface area contributed by atoms with Gasteiger partial charge in [-0.2, -0.15) is 0 Å². The molecule has 22 heavy (non-hydrogen) atoms. The first-order valence-corrected chi connectivity index (χ1v) is 7.35. The highest BCUT2D eigenvalue weighted by atomic mass is 16.3. The van der Waals surface area contributed by atoms with Crippen LogP contribution in [0.25, 0.3) is 11.0 Å². The van der Waals surface area contributed by atoms with Crippen LogP contribution in [-0.2, 0) is 6.54 Å². The summed E-state index contributed by atoms with van der Waals surface area (Å²) in [6.07, 6.45) is 3.49. The minimum atomic E-state index is 0.0278. The molecule has 112 valence electrons. The third-order valence-electron chi connectivity index (χ3n) is 3.68. The molecule has 2 aromatic heterocycles. The molecular formula is C18H18N2O2. The summed E-state index contributed by atoms with van der Waals surface area (Å²) in [7, 11) is 0. The monoisotopic (exact) mass is 294 g/mol. The summed E-state index contributed by atoms with van der Waals surface area (Å²) >= 11 is 0. The lowest BCUT2D eigenvalue weighted by Gasteiger charge is -2.21. The van der Waals surface area contributed by atoms with E-state index in [1.54, 1.807) is 12.4 Å². The molecule has 1 amide bonds. The number of benzene rings is 1. The first-order chi connectivity index (χ1) is 10.7. The molecule has 0 aliphatic rings. The Morgan fingerprint density at radius 2 is 1.95 bits per heavy atom. The van der Waals surface area contributed by atoms with E-state index in [1.807, 2.05) is 55.1 Å². The molecule has 0 saturated heterocycles. The fourth-order valence-electron chi connectivity index (χ4n) is 2.53. The second-order valence-electron chi connectivity index (χ2n) is 5.28. The van der Waals surface area contributed by atoms with Gasteiger partial charge in [-0.25, -0.2) is 0 Å². The maximum Gasteiger partial charge on any atom is 0.254 e. The molecule has 0 radical (unpaired) electrons. The summed E-state index contributed by atoms with van der Waals surface area (Å²) in [6.45, 7) is 5.13. The zero-order valence-corrected chi connectivity index (χ0v) is 12.7. The Hall–Kier alpha value is -2.62. The number of rotatable bonds is 4. The first kappa shape index (κ1) is 14.3. The Balaban J connectivity index is 1.85. The number of pyridine rings is 1. The summed E-state index contributed by atoms with van der Waals surface area (Å²) < 4.78 is 5.55. The van der Waals surface area contributed by atoms with E-state index in [9.17, 15) is 4.79 Å². The average molecular weight is 294 g/mol. The molecule has 0 fully saturated rings. The van der Waals surface area contributed by atoms with Gasteiger partial charge in [0, 0.05) is 36.4 Å². The van der Waals surface area contributed by atoms with Gasteiger partial charge in [0.05, 0.1) is 0 Å². The fourth-order valence-corrected chi connectivity index (χ4v) is 2.53. The van der Waals surface area contributed by atoms with Gasteiger partial charge in [0.25, 0.3) is 5.91 Å². The number of carbonyl (C=O) groups excluding carboxylic acids is 1. The molecule has 4 heteroatoms. The van der Waals surface area contributed by atoms with Gasteiger partial charge in [0.15, 0.2) is 0 Å². The fraction of sp³-hybridized carbons (Fsp3) is 0.222. The number of hydrogen-bond acceptors (Lipinski definition) is 3. The van der Waals surface area contributed by atoms with Gasteiger partial charge in [-0.15, -0.1) is 0 Å². The predicted molar refractivity (Wildman–Crippen MR) is 85.6 cm³/mol. The Morgan fingerprint density at radius 1 is 1.18 bits per heavy atom. The van der Waals surface area contributed by atoms with Crippen molar-refractivity contribution in [3.05, 3.63) is 65.7 Å². The predicted octanol–water partition coefficient (Wildman–Crippen LogP) is 3.80. The molecule has 4 nitrogen and oxygen atoms in total. The Morgan fingerprint density at radius 3 is 2.68 bits per heavy atom. The average Bonchev–Trinajstić information content (AvgIpc) is 2.92. The molecule has 0 bridgehead atoms. The minimum Gasteiger partial charge on any atom is -0.461 e. The lowest BCUT2D eigenvalue weighted by Crippen LogP contribution is -2.30. The molecule has 0 N–H and O–H groups in total. The van der Waals surface area contributed by atoms with E-state index in [2.05, 4.69) is 4.98 Å². The molecule has 0 unspecified atom stereocenters. The molecule has 0 aliphatic heterocycles. The van der Waals surface area contributed by atoms with Crippen LogP contribution in [0.3, 0.4) is 0 Å². The van der Waals surface area contributed by atoms with Crippen molar-refractivity contribution in [3.8, 4) is 0 Å². The summed E-state index contributed by atoms with van der Waals surface area (Å²) in [5.41, 5.74) is 2.57. The van der Waals surface area contributed by atoms with E-state index in [-0.39, 0.29) is 5.91 Å². The van der Waals surface area contributed by atoms with Crippen LogP contribution < -0.4 is 0 Å². The molecular weight excluding hydrogens is 276 g/mol. The molecule has 0 saturated carbocycles. The zero-order chi connectivity index (χ0) is 15.5. The van der Waals surface area contributed by atoms with E-state index in [0.29, 0.717) is 18.7 Å². The van der Waals surface area contributed by atoms with Crippen LogP contribution in [0.5, 0.6) is 0 Å². The minimum absolute atomic E-state index is 0.0278. The van der Waals surface area contributed by atoms with E-state index in [0.717, 1.165) is 22.3 Å². The molecule has 1 aromatic carbocycles. The van der Waals surface area contributed by atoms with Crippen LogP contribution in [-0.4, -0.2) is 22.3 Å². The van der Waals surface area contributed by atoms with Crippen LogP contribution in [0.4, 0.5) is 0 Å². The number of nitrogens with zero attached hydrogens (tertiary/aromatic N) is 2. The highest BCUT2D eigenvalue weighted by molar-refractivity contribution is 5.97. The van der Waals surface area contributed by atoms with Crippen LogP contribution in [0.15, 0.2) is 53.2 Å². The van der Waals surface area contributed by atoms with Gasteiger partial charge >= 0.3 is 0 Å². The van der Waals surface area contributed by atoms with Gasteiger partial charge in [0.1, 0.15) is 11.3 Å². The SMILES string of the molecule is CCN(Cc1ccncc1)C(=O)c1ccc2oc(C)cc2c1. The Kier molecular flexibility index (Phi) is 3.92. The van der Waals surface area contributed by atoms with Gasteiger partial charge in [0.2, 0.25) is 0 Å². The van der Waals surface area contributed by atoms with Crippen LogP contribution in [0.2, 0.25) is 0 Å². The molecule has 3 rings (SSSR count). The van der Waals surface area contributed by atoms with Crippen LogP contribution in [0.1, 0.15) is 28.6 Å². The van der Waals surface area contributed by atoms with Crippen molar-refractivity contribution >= 4 is 16.9 Å². The smallest absolute Gasteiger partial charge is 0.254 e. The lowest BCUT2D eigenvalue weighted by molar-refractivity contribution is 0.0752. The van der Waals surface area contributed by atoms with Gasteiger partial charge in [-0.1, -0.05) is 0 Å². The standard InChI is InChI=1S/C18H18N2O2/c1-3-20(12-14-6-8-19-9-7-14)18(21)15-4-5-17-16(11-15)10-13(2)22-17/h4-11H,3,12H2,1-2H3. The van der Waals surface area contributed by atoms with Crippen molar-refractivity contribution in [3.63, 3.8) is 0 Å². The molecule has 0 atom stereocenters. The molecule has 0 aliphatic carbocycles. The largest absolute Gasteiger partial charge is 0.461 e. The Labute approximate surface area is 129 Å². The van der Waals surface area contributed by atoms with Crippen molar-refractivity contribution in [2.24, 2.45) is 0 Å². The lowest BCUT2D eigenvalue weighted by atomic mass is 10.1. The number of aryl methyl sites for hydroxylation is 1. The van der Waals surface area contributed by atoms with E-state index < -0.39 is 0 Å². The Bertz CT molecular complexity index is 793. The first-order valence-electron chi connectivity index (χ1n) is 7.35. The highest BCUT2D eigenvalue weighted by Gasteiger charge is 2.15. The molecule has 2 heterocycles. The van der Waals surface area contributed by atoms with Gasteiger partial charge < -0.3 is 9.32 Å². The topological polar surface area (TPSA) is 46.3 Å².